The highest BCUT2D eigenvalue weighted by atomic mass is 32.2. The Morgan fingerprint density at radius 2 is 1.78 bits per heavy atom. The summed E-state index contributed by atoms with van der Waals surface area (Å²) in [6.45, 7) is 3.67. The summed E-state index contributed by atoms with van der Waals surface area (Å²) in [5.41, 5.74) is 3.29. The number of sulfonamides is 1. The molecular formula is C20H21N3O3S. The van der Waals surface area contributed by atoms with Crippen molar-refractivity contribution in [3.63, 3.8) is 0 Å². The predicted molar refractivity (Wildman–Crippen MR) is 106 cm³/mol. The van der Waals surface area contributed by atoms with Crippen molar-refractivity contribution < 1.29 is 13.2 Å². The molecule has 1 N–H and O–H groups in total. The van der Waals surface area contributed by atoms with Crippen LogP contribution in [0.25, 0.3) is 10.9 Å². The van der Waals surface area contributed by atoms with Crippen LogP contribution in [0.3, 0.4) is 0 Å². The predicted octanol–water partition coefficient (Wildman–Crippen LogP) is 3.35. The second kappa shape index (κ2) is 7.09. The second-order valence-corrected chi connectivity index (χ2v) is 8.68. The highest BCUT2D eigenvalue weighted by Gasteiger charge is 2.20. The van der Waals surface area contributed by atoms with Gasteiger partial charge in [-0.2, -0.15) is 0 Å². The molecule has 0 bridgehead atoms. The first-order valence-corrected chi connectivity index (χ1v) is 9.84. The van der Waals surface area contributed by atoms with E-state index in [1.807, 2.05) is 38.1 Å². The number of fused-ring (bicyclic) bond motifs is 1. The SMILES string of the molecule is Cc1cc(S(=O)(=O)N(C)C)cc(NC(=O)c2ccnc3ccccc23)c1C. The molecule has 140 valence electrons. The highest BCUT2D eigenvalue weighted by Crippen LogP contribution is 2.26. The third-order valence-electron chi connectivity index (χ3n) is 4.56. The Balaban J connectivity index is 2.05. The lowest BCUT2D eigenvalue weighted by atomic mass is 10.1. The lowest BCUT2D eigenvalue weighted by Crippen LogP contribution is -2.23. The van der Waals surface area contributed by atoms with Gasteiger partial charge in [0.2, 0.25) is 10.0 Å². The summed E-state index contributed by atoms with van der Waals surface area (Å²) in [4.78, 5) is 17.3. The summed E-state index contributed by atoms with van der Waals surface area (Å²) in [5.74, 6) is -0.310. The number of rotatable bonds is 4. The molecule has 27 heavy (non-hydrogen) atoms. The van der Waals surface area contributed by atoms with E-state index in [4.69, 9.17) is 0 Å². The van der Waals surface area contributed by atoms with E-state index < -0.39 is 10.0 Å². The largest absolute Gasteiger partial charge is 0.322 e. The number of nitrogens with one attached hydrogen (secondary N) is 1. The number of nitrogens with zero attached hydrogens (tertiary/aromatic N) is 2. The van der Waals surface area contributed by atoms with E-state index in [-0.39, 0.29) is 10.8 Å². The van der Waals surface area contributed by atoms with Crippen LogP contribution in [0, 0.1) is 13.8 Å². The molecule has 0 unspecified atom stereocenters. The lowest BCUT2D eigenvalue weighted by molar-refractivity contribution is 0.102. The number of carbonyl (C=O) groups excluding carboxylic acids is 1. The Hall–Kier alpha value is -2.77. The molecule has 1 aromatic heterocycles. The Kier molecular flexibility index (Phi) is 4.99. The van der Waals surface area contributed by atoms with Crippen molar-refractivity contribution in [2.24, 2.45) is 0 Å². The van der Waals surface area contributed by atoms with Crippen LogP contribution in [-0.4, -0.2) is 37.7 Å². The van der Waals surface area contributed by atoms with Crippen LogP contribution in [0.2, 0.25) is 0 Å². The molecule has 0 saturated carbocycles. The quantitative estimate of drug-likeness (QED) is 0.749. The molecule has 2 aromatic carbocycles. The molecular weight excluding hydrogens is 362 g/mol. The normalized spacial score (nSPS) is 11.7. The van der Waals surface area contributed by atoms with Crippen molar-refractivity contribution in [2.75, 3.05) is 19.4 Å². The van der Waals surface area contributed by atoms with Crippen molar-refractivity contribution in [2.45, 2.75) is 18.7 Å². The molecule has 0 saturated heterocycles. The first-order chi connectivity index (χ1) is 12.7. The zero-order valence-electron chi connectivity index (χ0n) is 15.6. The lowest BCUT2D eigenvalue weighted by Gasteiger charge is -2.16. The van der Waals surface area contributed by atoms with E-state index in [2.05, 4.69) is 10.3 Å². The number of carbonyl (C=O) groups is 1. The van der Waals surface area contributed by atoms with Gasteiger partial charge >= 0.3 is 0 Å². The summed E-state index contributed by atoms with van der Waals surface area (Å²) in [5, 5.41) is 3.60. The number of amides is 1. The third kappa shape index (κ3) is 3.56. The van der Waals surface area contributed by atoms with Gasteiger partial charge in [0.15, 0.2) is 0 Å². The van der Waals surface area contributed by atoms with Crippen LogP contribution in [0.5, 0.6) is 0 Å². The van der Waals surface area contributed by atoms with Gasteiger partial charge in [-0.1, -0.05) is 18.2 Å². The van der Waals surface area contributed by atoms with Crippen molar-refractivity contribution in [1.82, 2.24) is 9.29 Å². The minimum absolute atomic E-state index is 0.144. The van der Waals surface area contributed by atoms with Gasteiger partial charge in [0.1, 0.15) is 0 Å². The topological polar surface area (TPSA) is 79.4 Å². The number of aryl methyl sites for hydroxylation is 1. The fraction of sp³-hybridized carbons (Fsp3) is 0.200. The molecule has 0 fully saturated rings. The van der Waals surface area contributed by atoms with E-state index in [0.717, 1.165) is 26.3 Å². The van der Waals surface area contributed by atoms with Gasteiger partial charge in [-0.3, -0.25) is 9.78 Å². The first-order valence-electron chi connectivity index (χ1n) is 8.40. The molecule has 0 radical (unpaired) electrons. The summed E-state index contributed by atoms with van der Waals surface area (Å²) >= 11 is 0. The minimum Gasteiger partial charge on any atom is -0.322 e. The molecule has 0 atom stereocenters. The summed E-state index contributed by atoms with van der Waals surface area (Å²) < 4.78 is 26.1. The number of hydrogen-bond acceptors (Lipinski definition) is 4. The van der Waals surface area contributed by atoms with E-state index in [9.17, 15) is 13.2 Å². The Morgan fingerprint density at radius 3 is 2.48 bits per heavy atom. The Morgan fingerprint density at radius 1 is 1.07 bits per heavy atom. The molecule has 1 amide bonds. The van der Waals surface area contributed by atoms with Crippen molar-refractivity contribution in [1.29, 1.82) is 0 Å². The van der Waals surface area contributed by atoms with Crippen LogP contribution in [0.1, 0.15) is 21.5 Å². The average Bonchev–Trinajstić information content (AvgIpc) is 2.64. The van der Waals surface area contributed by atoms with E-state index in [1.165, 1.54) is 20.2 Å². The zero-order valence-corrected chi connectivity index (χ0v) is 16.5. The zero-order chi connectivity index (χ0) is 19.8. The molecule has 0 aliphatic heterocycles. The average molecular weight is 383 g/mol. The van der Waals surface area contributed by atoms with Gasteiger partial charge in [0.25, 0.3) is 5.91 Å². The monoisotopic (exact) mass is 383 g/mol. The fourth-order valence-electron chi connectivity index (χ4n) is 2.80. The summed E-state index contributed by atoms with van der Waals surface area (Å²) in [6.07, 6.45) is 1.59. The van der Waals surface area contributed by atoms with Gasteiger partial charge < -0.3 is 5.32 Å². The fourth-order valence-corrected chi connectivity index (χ4v) is 3.81. The number of aromatic nitrogens is 1. The molecule has 3 rings (SSSR count). The molecule has 3 aromatic rings. The van der Waals surface area contributed by atoms with Crippen LogP contribution in [0.15, 0.2) is 53.6 Å². The van der Waals surface area contributed by atoms with E-state index in [1.54, 1.807) is 18.3 Å². The minimum atomic E-state index is -3.60. The molecule has 0 aliphatic carbocycles. The number of benzene rings is 2. The van der Waals surface area contributed by atoms with Gasteiger partial charge in [-0.25, -0.2) is 12.7 Å². The number of para-hydroxylation sites is 1. The Bertz CT molecular complexity index is 1130. The van der Waals surface area contributed by atoms with Crippen molar-refractivity contribution >= 4 is 32.5 Å². The van der Waals surface area contributed by atoms with Crippen molar-refractivity contribution in [3.05, 3.63) is 65.4 Å². The van der Waals surface area contributed by atoms with Gasteiger partial charge in [-0.05, 0) is 49.2 Å². The van der Waals surface area contributed by atoms with Crippen molar-refractivity contribution in [3.8, 4) is 0 Å². The molecule has 7 heteroatoms. The molecule has 0 aliphatic rings. The van der Waals surface area contributed by atoms with Gasteiger partial charge in [0, 0.05) is 31.4 Å². The van der Waals surface area contributed by atoms with Gasteiger partial charge in [-0.15, -0.1) is 0 Å². The maximum absolute atomic E-state index is 12.9. The van der Waals surface area contributed by atoms with E-state index >= 15 is 0 Å². The summed E-state index contributed by atoms with van der Waals surface area (Å²) in [6, 6.07) is 12.1. The molecule has 1 heterocycles. The number of anilines is 1. The standard InChI is InChI=1S/C20H21N3O3S/c1-13-11-15(27(25,26)23(3)4)12-19(14(13)2)22-20(24)17-9-10-21-18-8-6-5-7-16(17)18/h5-12H,1-4H3,(H,22,24). The molecule has 6 nitrogen and oxygen atoms in total. The van der Waals surface area contributed by atoms with E-state index in [0.29, 0.717) is 11.3 Å². The second-order valence-electron chi connectivity index (χ2n) is 6.53. The van der Waals surface area contributed by atoms with Crippen LogP contribution in [-0.2, 0) is 10.0 Å². The van der Waals surface area contributed by atoms with Crippen LogP contribution < -0.4 is 5.32 Å². The highest BCUT2D eigenvalue weighted by molar-refractivity contribution is 7.89. The summed E-state index contributed by atoms with van der Waals surface area (Å²) in [7, 11) is -0.646. The third-order valence-corrected chi connectivity index (χ3v) is 6.35. The number of pyridine rings is 1. The maximum Gasteiger partial charge on any atom is 0.256 e. The van der Waals surface area contributed by atoms with Crippen LogP contribution >= 0.6 is 0 Å². The van der Waals surface area contributed by atoms with Gasteiger partial charge in [0.05, 0.1) is 16.0 Å². The van der Waals surface area contributed by atoms with Crippen LogP contribution in [0.4, 0.5) is 5.69 Å². The molecule has 0 spiro atoms. The maximum atomic E-state index is 12.9. The smallest absolute Gasteiger partial charge is 0.256 e. The number of hydrogen-bond donors (Lipinski definition) is 1. The Labute approximate surface area is 158 Å². The first kappa shape index (κ1) is 19.0.